The molecule has 1 aliphatic carbocycles. The minimum Gasteiger partial charge on any atom is -0.371 e. The minimum atomic E-state index is -0.964. The second kappa shape index (κ2) is 13.2. The Morgan fingerprint density at radius 3 is 2.44 bits per heavy atom. The van der Waals surface area contributed by atoms with Crippen molar-refractivity contribution in [3.05, 3.63) is 97.5 Å². The molecule has 6 heterocycles. The first kappa shape index (κ1) is 34.8. The third-order valence-electron chi connectivity index (χ3n) is 13.4. The highest BCUT2D eigenvalue weighted by Gasteiger charge is 2.47. The van der Waals surface area contributed by atoms with Crippen LogP contribution in [0.5, 0.6) is 0 Å². The van der Waals surface area contributed by atoms with E-state index in [1.54, 1.807) is 12.1 Å². The van der Waals surface area contributed by atoms with Gasteiger partial charge < -0.3 is 9.80 Å². The zero-order valence-corrected chi connectivity index (χ0v) is 32.3. The van der Waals surface area contributed by atoms with Gasteiger partial charge >= 0.3 is 0 Å². The number of fused-ring (bicyclic) bond motifs is 8. The van der Waals surface area contributed by atoms with E-state index in [9.17, 15) is 24.0 Å². The molecule has 4 amide bonds. The molecule has 2 unspecified atom stereocenters. The Balaban J connectivity index is 0.816. The monoisotopic (exact) mass is 802 g/mol. The van der Waals surface area contributed by atoms with Gasteiger partial charge in [0.05, 0.1) is 33.1 Å². The topological polar surface area (TPSA) is 125 Å². The first-order valence-corrected chi connectivity index (χ1v) is 20.7. The van der Waals surface area contributed by atoms with Gasteiger partial charge in [-0.15, -0.1) is 0 Å². The lowest BCUT2D eigenvalue weighted by Crippen LogP contribution is -2.54. The first-order valence-electron chi connectivity index (χ1n) is 19.9. The molecule has 1 N–H and O–H groups in total. The van der Waals surface area contributed by atoms with Crippen molar-refractivity contribution >= 4 is 56.1 Å². The molecule has 2 atom stereocenters. The van der Waals surface area contributed by atoms with E-state index in [0.717, 1.165) is 104 Å². The van der Waals surface area contributed by atoms with Crippen LogP contribution >= 0.6 is 15.9 Å². The molecular formula is C43H43BrN6O5. The number of carbonyl (C=O) groups excluding carboxylic acids is 4. The predicted molar refractivity (Wildman–Crippen MR) is 211 cm³/mol. The van der Waals surface area contributed by atoms with Gasteiger partial charge in [-0.05, 0) is 127 Å². The maximum absolute atomic E-state index is 13.4. The number of imide groups is 2. The number of nitrogens with one attached hydrogen (secondary N) is 1. The number of rotatable bonds is 5. The second-order valence-electron chi connectivity index (χ2n) is 16.5. The summed E-state index contributed by atoms with van der Waals surface area (Å²) in [6.07, 6.45) is 9.04. The Hall–Kier alpha value is -4.68. The molecule has 10 rings (SSSR count). The van der Waals surface area contributed by atoms with Crippen LogP contribution in [-0.4, -0.2) is 81.7 Å². The molecule has 3 aromatic carbocycles. The van der Waals surface area contributed by atoms with E-state index in [1.807, 2.05) is 18.2 Å². The summed E-state index contributed by atoms with van der Waals surface area (Å²) in [5.41, 5.74) is 6.01. The lowest BCUT2D eigenvalue weighted by molar-refractivity contribution is -0.136. The van der Waals surface area contributed by atoms with Gasteiger partial charge in [0, 0.05) is 36.2 Å². The van der Waals surface area contributed by atoms with Crippen LogP contribution in [0.4, 0.5) is 5.69 Å². The number of benzene rings is 3. The van der Waals surface area contributed by atoms with E-state index in [0.29, 0.717) is 28.3 Å². The molecule has 11 nitrogen and oxygen atoms in total. The molecule has 1 aromatic heterocycles. The van der Waals surface area contributed by atoms with E-state index in [4.69, 9.17) is 4.98 Å². The minimum absolute atomic E-state index is 0.101. The molecule has 1 saturated carbocycles. The summed E-state index contributed by atoms with van der Waals surface area (Å²) < 4.78 is 3.09. The van der Waals surface area contributed by atoms with Gasteiger partial charge in [0.15, 0.2) is 0 Å². The number of amides is 4. The molecule has 12 heteroatoms. The Morgan fingerprint density at radius 1 is 0.836 bits per heavy atom. The standard InChI is InChI=1S/C43H43BrN6O5/c44-32-5-4-6-33-37(32)39(53)46-42-43(16-2-1-3-17-43)31-10-7-27(21-35(31)49(33)42)26-14-18-47(19-15-26)23-25-13-20-48(24-25)28-8-9-29-30(22-28)41(55)50(40(29)54)34-11-12-36(51)45-38(34)52/h4-10,21-22,25-26,34H,1-3,11-20,23-24H2,(H,45,51,52). The van der Waals surface area contributed by atoms with Crippen LogP contribution < -0.4 is 15.8 Å². The number of likely N-dealkylation sites (tertiary alicyclic amines) is 1. The fraction of sp³-hybridized carbons (Fsp3) is 0.442. The van der Waals surface area contributed by atoms with Crippen LogP contribution in [0, 0.1) is 5.92 Å². The summed E-state index contributed by atoms with van der Waals surface area (Å²) in [4.78, 5) is 74.9. The number of carbonyl (C=O) groups is 4. The molecule has 4 aromatic rings. The summed E-state index contributed by atoms with van der Waals surface area (Å²) in [6, 6.07) is 17.6. The summed E-state index contributed by atoms with van der Waals surface area (Å²) in [7, 11) is 0. The molecule has 4 fully saturated rings. The van der Waals surface area contributed by atoms with Crippen molar-refractivity contribution in [2.75, 3.05) is 37.6 Å². The SMILES string of the molecule is O=C1CCC(N2C(=O)c3ccc(N4CCC(CN5CCC(c6ccc7c(c6)-n6c(nc(=O)c8c(Br)cccc86)C76CCCCC6)CC5)C4)cc3C2=O)C(=O)N1. The van der Waals surface area contributed by atoms with Gasteiger partial charge in [0.25, 0.3) is 17.4 Å². The number of halogens is 1. The number of hydrogen-bond acceptors (Lipinski definition) is 8. The Kier molecular flexibility index (Phi) is 8.36. The number of anilines is 1. The van der Waals surface area contributed by atoms with Crippen LogP contribution in [0.1, 0.15) is 108 Å². The van der Waals surface area contributed by atoms with E-state index in [1.165, 1.54) is 23.2 Å². The highest BCUT2D eigenvalue weighted by Crippen LogP contribution is 2.52. The third-order valence-corrected chi connectivity index (χ3v) is 14.1. The lowest BCUT2D eigenvalue weighted by Gasteiger charge is -2.35. The average Bonchev–Trinajstić information content (AvgIpc) is 3.83. The molecule has 1 spiro atoms. The number of hydrogen-bond donors (Lipinski definition) is 1. The summed E-state index contributed by atoms with van der Waals surface area (Å²) in [5, 5.41) is 2.90. The van der Waals surface area contributed by atoms with Crippen molar-refractivity contribution in [3.63, 3.8) is 0 Å². The summed E-state index contributed by atoms with van der Waals surface area (Å²) >= 11 is 3.64. The summed E-state index contributed by atoms with van der Waals surface area (Å²) in [6.45, 7) is 4.85. The molecule has 6 aliphatic rings. The number of piperidine rings is 2. The van der Waals surface area contributed by atoms with Crippen molar-refractivity contribution in [3.8, 4) is 5.69 Å². The second-order valence-corrected chi connectivity index (χ2v) is 17.3. The van der Waals surface area contributed by atoms with Crippen LogP contribution in [-0.2, 0) is 15.0 Å². The van der Waals surface area contributed by atoms with Crippen molar-refractivity contribution in [1.82, 2.24) is 24.7 Å². The van der Waals surface area contributed by atoms with Crippen LogP contribution in [0.3, 0.4) is 0 Å². The largest absolute Gasteiger partial charge is 0.371 e. The maximum Gasteiger partial charge on any atom is 0.281 e. The lowest BCUT2D eigenvalue weighted by atomic mass is 9.69. The van der Waals surface area contributed by atoms with E-state index in [-0.39, 0.29) is 29.7 Å². The first-order chi connectivity index (χ1) is 26.7. The fourth-order valence-electron chi connectivity index (χ4n) is 10.6. The van der Waals surface area contributed by atoms with Gasteiger partial charge in [0.2, 0.25) is 11.8 Å². The van der Waals surface area contributed by atoms with Crippen molar-refractivity contribution in [2.24, 2.45) is 5.92 Å². The number of aromatic nitrogens is 2. The molecule has 0 bridgehead atoms. The van der Waals surface area contributed by atoms with Crippen molar-refractivity contribution < 1.29 is 19.2 Å². The molecule has 282 valence electrons. The van der Waals surface area contributed by atoms with Gasteiger partial charge in [-0.2, -0.15) is 4.98 Å². The van der Waals surface area contributed by atoms with Crippen LogP contribution in [0.2, 0.25) is 0 Å². The smallest absolute Gasteiger partial charge is 0.281 e. The molecule has 5 aliphatic heterocycles. The van der Waals surface area contributed by atoms with E-state index >= 15 is 0 Å². The van der Waals surface area contributed by atoms with Crippen LogP contribution in [0.15, 0.2) is 63.9 Å². The molecule has 55 heavy (non-hydrogen) atoms. The van der Waals surface area contributed by atoms with Crippen molar-refractivity contribution in [2.45, 2.75) is 81.6 Å². The quantitative estimate of drug-likeness (QED) is 0.251. The van der Waals surface area contributed by atoms with E-state index < -0.39 is 23.8 Å². The molecule has 3 saturated heterocycles. The van der Waals surface area contributed by atoms with Crippen LogP contribution in [0.25, 0.3) is 16.6 Å². The van der Waals surface area contributed by atoms with Gasteiger partial charge in [-0.3, -0.25) is 38.8 Å². The Morgan fingerprint density at radius 2 is 1.64 bits per heavy atom. The molecule has 0 radical (unpaired) electrons. The van der Waals surface area contributed by atoms with Gasteiger partial charge in [0.1, 0.15) is 11.9 Å². The van der Waals surface area contributed by atoms with Crippen molar-refractivity contribution in [1.29, 1.82) is 0 Å². The molecular weight excluding hydrogens is 760 g/mol. The van der Waals surface area contributed by atoms with Gasteiger partial charge in [-0.25, -0.2) is 0 Å². The van der Waals surface area contributed by atoms with E-state index in [2.05, 4.69) is 59.9 Å². The average molecular weight is 804 g/mol. The summed E-state index contributed by atoms with van der Waals surface area (Å²) in [5.74, 6) is -0.0445. The highest BCUT2D eigenvalue weighted by molar-refractivity contribution is 9.10. The predicted octanol–water partition coefficient (Wildman–Crippen LogP) is 5.82. The number of nitrogens with zero attached hydrogens (tertiary/aromatic N) is 5. The fourth-order valence-corrected chi connectivity index (χ4v) is 11.2. The third kappa shape index (κ3) is 5.53. The normalized spacial score (nSPS) is 23.8. The maximum atomic E-state index is 13.4. The zero-order chi connectivity index (χ0) is 37.6. The Labute approximate surface area is 327 Å². The Bertz CT molecular complexity index is 2380. The highest BCUT2D eigenvalue weighted by atomic mass is 79.9. The van der Waals surface area contributed by atoms with Gasteiger partial charge in [-0.1, -0.05) is 37.5 Å². The zero-order valence-electron chi connectivity index (χ0n) is 30.7.